The summed E-state index contributed by atoms with van der Waals surface area (Å²) in [6.45, 7) is 4.23. The number of imidazole rings is 1. The van der Waals surface area contributed by atoms with Crippen LogP contribution in [0.15, 0.2) is 17.6 Å². The molecule has 5 rings (SSSR count). The molecule has 1 saturated carbocycles. The standard InChI is InChI=1S/C19H30N6O3S/c1-21-9-10-24-16(12-21)18(26)25(11-15-3-4-15)19(24)5-7-23(8-6-19)29(27,28)17-13-22(2)14-20-17/h13-16H,3-12H2,1-2H3/t16-/m1/s1. The molecule has 1 amide bonds. The maximum absolute atomic E-state index is 13.3. The number of piperazine rings is 1. The molecule has 0 bridgehead atoms. The number of amides is 1. The summed E-state index contributed by atoms with van der Waals surface area (Å²) < 4.78 is 29.2. The fraction of sp³-hybridized carbons (Fsp3) is 0.789. The first-order valence-corrected chi connectivity index (χ1v) is 12.0. The normalized spacial score (nSPS) is 29.0. The quantitative estimate of drug-likeness (QED) is 0.667. The zero-order chi connectivity index (χ0) is 20.4. The zero-order valence-electron chi connectivity index (χ0n) is 17.2. The van der Waals surface area contributed by atoms with Gasteiger partial charge in [0.25, 0.3) is 10.0 Å². The fourth-order valence-corrected chi connectivity index (χ4v) is 6.69. The summed E-state index contributed by atoms with van der Waals surface area (Å²) in [7, 11) is 0.245. The van der Waals surface area contributed by atoms with Crippen molar-refractivity contribution in [2.45, 2.75) is 42.4 Å². The molecule has 0 radical (unpaired) electrons. The number of sulfonamides is 1. The Balaban J connectivity index is 1.40. The molecule has 0 N–H and O–H groups in total. The lowest BCUT2D eigenvalue weighted by molar-refractivity contribution is -0.134. The number of hydrogen-bond acceptors (Lipinski definition) is 6. The van der Waals surface area contributed by atoms with Gasteiger partial charge in [0, 0.05) is 52.5 Å². The number of fused-ring (bicyclic) bond motifs is 2. The van der Waals surface area contributed by atoms with E-state index in [0.717, 1.165) is 26.2 Å². The molecule has 1 atom stereocenters. The van der Waals surface area contributed by atoms with Crippen LogP contribution in [0.2, 0.25) is 0 Å². The van der Waals surface area contributed by atoms with Gasteiger partial charge in [0.05, 0.1) is 12.0 Å². The highest BCUT2D eigenvalue weighted by Gasteiger charge is 2.59. The highest BCUT2D eigenvalue weighted by atomic mass is 32.2. The van der Waals surface area contributed by atoms with Crippen molar-refractivity contribution in [2.75, 3.05) is 46.3 Å². The Labute approximate surface area is 172 Å². The molecule has 3 aliphatic heterocycles. The van der Waals surface area contributed by atoms with Crippen molar-refractivity contribution in [2.24, 2.45) is 13.0 Å². The summed E-state index contributed by atoms with van der Waals surface area (Å²) in [4.78, 5) is 24.1. The van der Waals surface area contributed by atoms with E-state index in [1.54, 1.807) is 22.1 Å². The Morgan fingerprint density at radius 2 is 1.86 bits per heavy atom. The van der Waals surface area contributed by atoms with Crippen molar-refractivity contribution in [3.63, 3.8) is 0 Å². The summed E-state index contributed by atoms with van der Waals surface area (Å²) in [6.07, 6.45) is 6.79. The molecule has 1 spiro atoms. The summed E-state index contributed by atoms with van der Waals surface area (Å²) >= 11 is 0. The SMILES string of the molecule is CN1CCN2[C@H](C1)C(=O)N(CC1CC1)C21CCN(S(=O)(=O)c2cn(C)cn2)CC1. The molecule has 0 aromatic carbocycles. The monoisotopic (exact) mass is 422 g/mol. The number of nitrogens with zero attached hydrogens (tertiary/aromatic N) is 6. The first-order chi connectivity index (χ1) is 13.8. The molecule has 3 saturated heterocycles. The van der Waals surface area contributed by atoms with Crippen LogP contribution in [0.4, 0.5) is 0 Å². The van der Waals surface area contributed by atoms with Crippen LogP contribution in [0.25, 0.3) is 0 Å². The van der Waals surface area contributed by atoms with Crippen LogP contribution in [0.1, 0.15) is 25.7 Å². The summed E-state index contributed by atoms with van der Waals surface area (Å²) in [5.41, 5.74) is -0.332. The molecule has 29 heavy (non-hydrogen) atoms. The van der Waals surface area contributed by atoms with Crippen LogP contribution in [0.5, 0.6) is 0 Å². The second-order valence-corrected chi connectivity index (χ2v) is 11.0. The van der Waals surface area contributed by atoms with Crippen molar-refractivity contribution >= 4 is 15.9 Å². The highest BCUT2D eigenvalue weighted by molar-refractivity contribution is 7.89. The lowest BCUT2D eigenvalue weighted by atomic mass is 9.94. The van der Waals surface area contributed by atoms with E-state index in [-0.39, 0.29) is 22.6 Å². The fourth-order valence-electron chi connectivity index (χ4n) is 5.28. The summed E-state index contributed by atoms with van der Waals surface area (Å²) in [5, 5.41) is 0.103. The molecular weight excluding hydrogens is 392 g/mol. The van der Waals surface area contributed by atoms with Gasteiger partial charge < -0.3 is 14.4 Å². The van der Waals surface area contributed by atoms with Gasteiger partial charge in [-0.15, -0.1) is 0 Å². The van der Waals surface area contributed by atoms with E-state index in [4.69, 9.17) is 0 Å². The molecule has 160 valence electrons. The highest BCUT2D eigenvalue weighted by Crippen LogP contribution is 2.44. The Hall–Kier alpha value is -1.49. The topological polar surface area (TPSA) is 82.0 Å². The molecule has 4 fully saturated rings. The minimum atomic E-state index is -3.60. The number of rotatable bonds is 4. The second kappa shape index (κ2) is 6.76. The van der Waals surface area contributed by atoms with Crippen molar-refractivity contribution in [3.8, 4) is 0 Å². The van der Waals surface area contributed by atoms with Gasteiger partial charge in [0.1, 0.15) is 6.04 Å². The Morgan fingerprint density at radius 1 is 1.14 bits per heavy atom. The van der Waals surface area contributed by atoms with Gasteiger partial charge in [-0.25, -0.2) is 13.4 Å². The van der Waals surface area contributed by atoms with Gasteiger partial charge in [-0.1, -0.05) is 0 Å². The smallest absolute Gasteiger partial charge is 0.262 e. The molecule has 0 unspecified atom stereocenters. The molecule has 4 heterocycles. The van der Waals surface area contributed by atoms with Crippen LogP contribution in [0, 0.1) is 5.92 Å². The molecule has 1 aromatic rings. The van der Waals surface area contributed by atoms with Crippen LogP contribution < -0.4 is 0 Å². The van der Waals surface area contributed by atoms with Gasteiger partial charge >= 0.3 is 0 Å². The average molecular weight is 423 g/mol. The van der Waals surface area contributed by atoms with E-state index in [2.05, 4.69) is 26.7 Å². The van der Waals surface area contributed by atoms with Gasteiger partial charge in [-0.05, 0) is 38.6 Å². The Bertz CT molecular complexity index is 903. The van der Waals surface area contributed by atoms with Crippen LogP contribution in [-0.2, 0) is 21.9 Å². The third-order valence-electron chi connectivity index (χ3n) is 7.12. The number of carbonyl (C=O) groups is 1. The van der Waals surface area contributed by atoms with Gasteiger partial charge in [-0.2, -0.15) is 4.31 Å². The Kier molecular flexibility index (Phi) is 4.54. The van der Waals surface area contributed by atoms with E-state index in [1.807, 2.05) is 0 Å². The predicted octanol–water partition coefficient (Wildman–Crippen LogP) is -0.231. The largest absolute Gasteiger partial charge is 0.339 e. The molecule has 9 nitrogen and oxygen atoms in total. The number of carbonyl (C=O) groups excluding carboxylic acids is 1. The maximum Gasteiger partial charge on any atom is 0.262 e. The van der Waals surface area contributed by atoms with Crippen molar-refractivity contribution in [1.82, 2.24) is 28.6 Å². The maximum atomic E-state index is 13.3. The van der Waals surface area contributed by atoms with Crippen molar-refractivity contribution in [1.29, 1.82) is 0 Å². The predicted molar refractivity (Wildman–Crippen MR) is 106 cm³/mol. The van der Waals surface area contributed by atoms with Gasteiger partial charge in [0.2, 0.25) is 5.91 Å². The van der Waals surface area contributed by atoms with Crippen molar-refractivity contribution in [3.05, 3.63) is 12.5 Å². The van der Waals surface area contributed by atoms with Crippen molar-refractivity contribution < 1.29 is 13.2 Å². The number of hydrogen-bond donors (Lipinski definition) is 0. The average Bonchev–Trinajstić information content (AvgIpc) is 3.37. The first kappa shape index (κ1) is 19.5. The van der Waals surface area contributed by atoms with E-state index in [1.165, 1.54) is 19.2 Å². The van der Waals surface area contributed by atoms with Gasteiger partial charge in [0.15, 0.2) is 5.03 Å². The number of aromatic nitrogens is 2. The van der Waals surface area contributed by atoms with Crippen LogP contribution in [0.3, 0.4) is 0 Å². The molecular formula is C19H30N6O3S. The molecule has 1 aliphatic carbocycles. The minimum absolute atomic E-state index is 0.0913. The minimum Gasteiger partial charge on any atom is -0.339 e. The van der Waals surface area contributed by atoms with Crippen LogP contribution in [-0.4, -0.2) is 101 Å². The molecule has 4 aliphatic rings. The van der Waals surface area contributed by atoms with Gasteiger partial charge in [-0.3, -0.25) is 9.69 Å². The lowest BCUT2D eigenvalue weighted by Gasteiger charge is -2.50. The van der Waals surface area contributed by atoms with E-state index >= 15 is 0 Å². The third-order valence-corrected chi connectivity index (χ3v) is 8.90. The van der Waals surface area contributed by atoms with E-state index in [9.17, 15) is 13.2 Å². The van der Waals surface area contributed by atoms with E-state index < -0.39 is 10.0 Å². The summed E-state index contributed by atoms with van der Waals surface area (Å²) in [6, 6.07) is -0.0913. The van der Waals surface area contributed by atoms with E-state index in [0.29, 0.717) is 31.8 Å². The number of piperidine rings is 1. The molecule has 1 aromatic heterocycles. The van der Waals surface area contributed by atoms with Crippen LogP contribution >= 0.6 is 0 Å². The first-order valence-electron chi connectivity index (χ1n) is 10.6. The summed E-state index contributed by atoms with van der Waals surface area (Å²) in [5.74, 6) is 0.856. The molecule has 10 heteroatoms. The number of likely N-dealkylation sites (N-methyl/N-ethyl adjacent to an activating group) is 1. The zero-order valence-corrected chi connectivity index (χ0v) is 18.0. The number of aryl methyl sites for hydroxylation is 1. The second-order valence-electron chi connectivity index (χ2n) is 9.13. The lowest BCUT2D eigenvalue weighted by Crippen LogP contribution is -2.63. The Morgan fingerprint density at radius 3 is 2.48 bits per heavy atom. The third kappa shape index (κ3) is 3.11.